The minimum atomic E-state index is -0.195. The Hall–Kier alpha value is -2.58. The van der Waals surface area contributed by atoms with Crippen molar-refractivity contribution in [1.82, 2.24) is 14.7 Å². The molecule has 1 aromatic heterocycles. The van der Waals surface area contributed by atoms with Gasteiger partial charge in [0.1, 0.15) is 0 Å². The first kappa shape index (κ1) is 19.7. The van der Waals surface area contributed by atoms with Gasteiger partial charge in [0.05, 0.1) is 24.2 Å². The number of halogens is 1. The lowest BCUT2D eigenvalue weighted by Gasteiger charge is -2.15. The number of aromatic nitrogens is 2. The molecule has 1 amide bonds. The number of carbonyl (C=O) groups is 1. The number of nitrogens with zero attached hydrogens (tertiary/aromatic N) is 4. The average molecular weight is 371 g/mol. The first-order valence-corrected chi connectivity index (χ1v) is 8.81. The maximum Gasteiger partial charge on any atom is 0.246 e. The fraction of sp³-hybridized carbons (Fsp3) is 0.350. The molecule has 0 bridgehead atoms. The highest BCUT2D eigenvalue weighted by molar-refractivity contribution is 6.31. The summed E-state index contributed by atoms with van der Waals surface area (Å²) in [6.07, 6.45) is 3.32. The van der Waals surface area contributed by atoms with E-state index in [1.165, 1.54) is 6.08 Å². The fourth-order valence-corrected chi connectivity index (χ4v) is 2.91. The van der Waals surface area contributed by atoms with Crippen LogP contribution in [0.2, 0.25) is 5.02 Å². The molecule has 0 radical (unpaired) electrons. The quantitative estimate of drug-likeness (QED) is 0.726. The molecule has 0 aliphatic carbocycles. The molecule has 0 N–H and O–H groups in total. The molecular formula is C20H23ClN4O. The number of likely N-dealkylation sites (N-methyl/N-ethyl adjacent to an activating group) is 1. The zero-order valence-corrected chi connectivity index (χ0v) is 16.3. The first-order valence-electron chi connectivity index (χ1n) is 8.43. The minimum Gasteiger partial charge on any atom is -0.341 e. The zero-order chi connectivity index (χ0) is 19.3. The van der Waals surface area contributed by atoms with Crippen LogP contribution in [0.4, 0.5) is 0 Å². The lowest BCUT2D eigenvalue weighted by Crippen LogP contribution is -2.29. The monoisotopic (exact) mass is 370 g/mol. The number of hydrogen-bond acceptors (Lipinski definition) is 3. The summed E-state index contributed by atoms with van der Waals surface area (Å²) in [6.45, 7) is 6.67. The van der Waals surface area contributed by atoms with Crippen molar-refractivity contribution in [3.8, 4) is 6.07 Å². The van der Waals surface area contributed by atoms with Crippen LogP contribution in [0.25, 0.3) is 6.08 Å². The maximum absolute atomic E-state index is 12.2. The number of aryl methyl sites for hydroxylation is 1. The van der Waals surface area contributed by atoms with E-state index in [1.54, 1.807) is 24.9 Å². The lowest BCUT2D eigenvalue weighted by atomic mass is 10.1. The third kappa shape index (κ3) is 4.74. The summed E-state index contributed by atoms with van der Waals surface area (Å²) in [5.41, 5.74) is 3.75. The predicted molar refractivity (Wildman–Crippen MR) is 104 cm³/mol. The summed E-state index contributed by atoms with van der Waals surface area (Å²) in [7, 11) is 1.70. The zero-order valence-electron chi connectivity index (χ0n) is 15.5. The number of amides is 1. The Kier molecular flexibility index (Phi) is 6.59. The van der Waals surface area contributed by atoms with Gasteiger partial charge in [0.2, 0.25) is 5.91 Å². The van der Waals surface area contributed by atoms with E-state index in [2.05, 4.69) is 11.2 Å². The summed E-state index contributed by atoms with van der Waals surface area (Å²) < 4.78 is 1.89. The van der Waals surface area contributed by atoms with Crippen molar-refractivity contribution in [2.45, 2.75) is 27.3 Å². The van der Waals surface area contributed by atoms with Gasteiger partial charge in [-0.05, 0) is 38.5 Å². The highest BCUT2D eigenvalue weighted by atomic mass is 35.5. The van der Waals surface area contributed by atoms with E-state index >= 15 is 0 Å². The maximum atomic E-state index is 12.2. The van der Waals surface area contributed by atoms with Crippen LogP contribution >= 0.6 is 11.6 Å². The molecule has 1 aromatic carbocycles. The fourth-order valence-electron chi connectivity index (χ4n) is 2.72. The summed E-state index contributed by atoms with van der Waals surface area (Å²) >= 11 is 6.24. The van der Waals surface area contributed by atoms with Gasteiger partial charge in [-0.2, -0.15) is 10.4 Å². The topological polar surface area (TPSA) is 61.9 Å². The van der Waals surface area contributed by atoms with Crippen LogP contribution in [0.15, 0.2) is 30.3 Å². The van der Waals surface area contributed by atoms with E-state index in [1.807, 2.05) is 42.8 Å². The molecular weight excluding hydrogens is 348 g/mol. The number of carbonyl (C=O) groups excluding carboxylic acids is 1. The van der Waals surface area contributed by atoms with Gasteiger partial charge in [0.25, 0.3) is 0 Å². The molecule has 0 spiro atoms. The van der Waals surface area contributed by atoms with Gasteiger partial charge in [-0.1, -0.05) is 29.8 Å². The molecule has 1 atom stereocenters. The largest absolute Gasteiger partial charge is 0.341 e. The summed E-state index contributed by atoms with van der Waals surface area (Å²) in [4.78, 5) is 13.8. The van der Waals surface area contributed by atoms with Gasteiger partial charge in [0.15, 0.2) is 0 Å². The van der Waals surface area contributed by atoms with Gasteiger partial charge in [-0.15, -0.1) is 0 Å². The third-order valence-corrected chi connectivity index (χ3v) is 4.62. The van der Waals surface area contributed by atoms with Crippen molar-refractivity contribution in [3.05, 3.63) is 57.9 Å². The van der Waals surface area contributed by atoms with Crippen molar-refractivity contribution >= 4 is 23.6 Å². The van der Waals surface area contributed by atoms with E-state index < -0.39 is 0 Å². The molecule has 0 saturated heterocycles. The number of rotatable bonds is 6. The molecule has 6 heteroatoms. The molecule has 2 rings (SSSR count). The molecule has 5 nitrogen and oxygen atoms in total. The van der Waals surface area contributed by atoms with Gasteiger partial charge in [0, 0.05) is 35.9 Å². The molecule has 136 valence electrons. The molecule has 0 aliphatic heterocycles. The van der Waals surface area contributed by atoms with E-state index in [9.17, 15) is 4.79 Å². The Morgan fingerprint density at radius 3 is 2.77 bits per heavy atom. The van der Waals surface area contributed by atoms with Gasteiger partial charge < -0.3 is 4.90 Å². The Labute approximate surface area is 159 Å². The van der Waals surface area contributed by atoms with E-state index in [0.29, 0.717) is 18.1 Å². The summed E-state index contributed by atoms with van der Waals surface area (Å²) in [6, 6.07) is 9.82. The lowest BCUT2D eigenvalue weighted by molar-refractivity contribution is -0.125. The van der Waals surface area contributed by atoms with Gasteiger partial charge >= 0.3 is 0 Å². The van der Waals surface area contributed by atoms with Crippen LogP contribution in [-0.2, 0) is 11.3 Å². The minimum absolute atomic E-state index is 0.134. The van der Waals surface area contributed by atoms with Crippen LogP contribution < -0.4 is 0 Å². The highest BCUT2D eigenvalue weighted by Gasteiger charge is 2.13. The SMILES string of the molecule is Cc1nn(Cc2ccccc2Cl)c(C)c1C=CC(=O)N(C)CC(C)C#N. The smallest absolute Gasteiger partial charge is 0.246 e. The van der Waals surface area contributed by atoms with E-state index in [4.69, 9.17) is 16.9 Å². The molecule has 2 aromatic rings. The second-order valence-electron chi connectivity index (χ2n) is 6.42. The Balaban J connectivity index is 2.16. The van der Waals surface area contributed by atoms with Crippen LogP contribution in [0.3, 0.4) is 0 Å². The van der Waals surface area contributed by atoms with Crippen molar-refractivity contribution in [2.24, 2.45) is 5.92 Å². The summed E-state index contributed by atoms with van der Waals surface area (Å²) in [5, 5.41) is 14.1. The normalized spacial score (nSPS) is 12.2. The van der Waals surface area contributed by atoms with Crippen LogP contribution in [-0.4, -0.2) is 34.2 Å². The van der Waals surface area contributed by atoms with Gasteiger partial charge in [-0.25, -0.2) is 0 Å². The Bertz CT molecular complexity index is 863. The molecule has 1 heterocycles. The number of nitriles is 1. The number of benzene rings is 1. The Morgan fingerprint density at radius 1 is 1.42 bits per heavy atom. The molecule has 0 aliphatic rings. The van der Waals surface area contributed by atoms with Crippen molar-refractivity contribution in [2.75, 3.05) is 13.6 Å². The molecule has 0 saturated carbocycles. The molecule has 26 heavy (non-hydrogen) atoms. The van der Waals surface area contributed by atoms with Crippen LogP contribution in [0.5, 0.6) is 0 Å². The molecule has 1 unspecified atom stereocenters. The second kappa shape index (κ2) is 8.68. The predicted octanol–water partition coefficient (Wildman–Crippen LogP) is 3.83. The van der Waals surface area contributed by atoms with Crippen molar-refractivity contribution < 1.29 is 4.79 Å². The second-order valence-corrected chi connectivity index (χ2v) is 6.82. The molecule has 0 fully saturated rings. The Morgan fingerprint density at radius 2 is 2.12 bits per heavy atom. The van der Waals surface area contributed by atoms with Crippen molar-refractivity contribution in [1.29, 1.82) is 5.26 Å². The third-order valence-electron chi connectivity index (χ3n) is 4.25. The number of hydrogen-bond donors (Lipinski definition) is 0. The van der Waals surface area contributed by atoms with Gasteiger partial charge in [-0.3, -0.25) is 9.48 Å². The van der Waals surface area contributed by atoms with Crippen LogP contribution in [0.1, 0.15) is 29.4 Å². The first-order chi connectivity index (χ1) is 12.3. The highest BCUT2D eigenvalue weighted by Crippen LogP contribution is 2.20. The van der Waals surface area contributed by atoms with E-state index in [0.717, 1.165) is 22.5 Å². The summed E-state index contributed by atoms with van der Waals surface area (Å²) in [5.74, 6) is -0.330. The van der Waals surface area contributed by atoms with E-state index in [-0.39, 0.29) is 11.8 Å². The van der Waals surface area contributed by atoms with Crippen LogP contribution in [0, 0.1) is 31.1 Å². The van der Waals surface area contributed by atoms with Crippen molar-refractivity contribution in [3.63, 3.8) is 0 Å². The standard InChI is InChI=1S/C20H23ClN4O/c1-14(11-22)12-24(4)20(26)10-9-18-15(2)23-25(16(18)3)13-17-7-5-6-8-19(17)21/h5-10,14H,12-13H2,1-4H3. The average Bonchev–Trinajstić information content (AvgIpc) is 2.88.